The third kappa shape index (κ3) is 31.5. The van der Waals surface area contributed by atoms with Crippen molar-refractivity contribution >= 4 is 86.5 Å². The Kier molecular flexibility index (Phi) is 54.6. The van der Waals surface area contributed by atoms with Crippen LogP contribution in [0.5, 0.6) is 0 Å². The summed E-state index contributed by atoms with van der Waals surface area (Å²) in [4.78, 5) is 138. The van der Waals surface area contributed by atoms with Crippen molar-refractivity contribution in [3.8, 4) is 0 Å². The summed E-state index contributed by atoms with van der Waals surface area (Å²) in [6.45, 7) is 59.5. The number of likely N-dealkylation sites (tertiary alicyclic amines) is 1. The number of benzene rings is 9. The van der Waals surface area contributed by atoms with E-state index in [1.54, 1.807) is 48.5 Å². The van der Waals surface area contributed by atoms with Gasteiger partial charge in [0.25, 0.3) is 47.3 Å². The molecule has 9 aromatic carbocycles. The first-order chi connectivity index (χ1) is 57.5. The number of imide groups is 4. The fourth-order valence-corrected chi connectivity index (χ4v) is 12.5. The van der Waals surface area contributed by atoms with Gasteiger partial charge in [0.05, 0.1) is 34.6 Å². The van der Waals surface area contributed by atoms with Crippen molar-refractivity contribution in [2.24, 2.45) is 0 Å². The van der Waals surface area contributed by atoms with E-state index in [1.165, 1.54) is 19.6 Å². The Labute approximate surface area is 726 Å². The Morgan fingerprint density at radius 2 is 0.653 bits per heavy atom. The third-order valence-corrected chi connectivity index (χ3v) is 17.4. The number of hydrogen-bond donors (Lipinski definition) is 2. The SMILES string of the molecule is C.CC.CC.CC.CC.CC.CC.CC.CC.CC(C)N1C(=O)CC(c2ccccc2)C1=O.CC(C)N1C(=O)c2cc3ccccc3cc2C1=O.CC(C)N1C(=O)c2cccc3cccc(c23)C1=O.CC(C)N1C(=O)c2ccccc2C1=O.CC(C)N1Cc2ccccc2C1=O.CC(C)NC(=O)Cc1ccccc1.CC(C)NC(=O)c1ccccc1. The number of carbonyl (C=O) groups excluding carboxylic acids is 11. The summed E-state index contributed by atoms with van der Waals surface area (Å²) in [7, 11) is 0. The first-order valence-electron chi connectivity index (χ1n) is 43.3. The fourth-order valence-electron chi connectivity index (χ4n) is 12.5. The molecule has 5 heterocycles. The van der Waals surface area contributed by atoms with E-state index in [4.69, 9.17) is 0 Å². The lowest BCUT2D eigenvalue weighted by atomic mass is 9.93. The van der Waals surface area contributed by atoms with Gasteiger partial charge >= 0.3 is 0 Å². The van der Waals surface area contributed by atoms with Gasteiger partial charge in [0.1, 0.15) is 0 Å². The first kappa shape index (κ1) is 112. The van der Waals surface area contributed by atoms with E-state index in [-0.39, 0.29) is 115 Å². The second-order valence-corrected chi connectivity index (χ2v) is 27.6. The molecule has 14 rings (SSSR count). The summed E-state index contributed by atoms with van der Waals surface area (Å²) in [6, 6.07) is 66.1. The van der Waals surface area contributed by atoms with Crippen LogP contribution in [0.25, 0.3) is 21.5 Å². The van der Waals surface area contributed by atoms with Crippen molar-refractivity contribution in [1.29, 1.82) is 0 Å². The zero-order chi connectivity index (χ0) is 91.8. The lowest BCUT2D eigenvalue weighted by molar-refractivity contribution is -0.140. The molecule has 1 atom stereocenters. The standard InChI is InChI=1S/2C15H13NO2.C13H15NO2.C11H11NO2.C11H13NO.C11H15NO.C10H13NO.8C2H6.CH4/c1-9(2)16-14(17)11-7-3-5-10-6-4-8-12(13(10)11)15(16)18;1-9(2)16-14(17)12-7-10-5-3-4-6-11(10)8-13(12)15(16)18;1-9(2)14-12(15)8-11(13(14)16)10-6-4-3-5-7-10;1-7(2)12-10(13)8-5-3-4-6-9(8)11(12)14;1-8(2)12-7-9-5-3-4-6-10(9)11(12)13;1-9(2)12-11(13)8-10-6-4-3-5-7-10;1-8(2)11-10(12)9-6-4-3-5-7-9;8*1-2;/h2*3-9H,1-2H3;3-7,9,11H,8H2,1-2H3;3-7H,1-2H3;3-6,8H,7H2,1-2H3;3-7,9H,8H2,1-2H3,(H,12,13);3-8H,1-2H3,(H,11,12);8*1-2H3;1H4. The van der Waals surface area contributed by atoms with Gasteiger partial charge in [-0.2, -0.15) is 0 Å². The van der Waals surface area contributed by atoms with Gasteiger partial charge in [-0.3, -0.25) is 72.3 Å². The highest BCUT2D eigenvalue weighted by molar-refractivity contribution is 6.26. The summed E-state index contributed by atoms with van der Waals surface area (Å²) < 4.78 is 0. The molecule has 9 aromatic rings. The highest BCUT2D eigenvalue weighted by Crippen LogP contribution is 2.34. The molecule has 1 fully saturated rings. The average Bonchev–Trinajstić information content (AvgIpc) is 1.29. The van der Waals surface area contributed by atoms with Crippen LogP contribution >= 0.6 is 0 Å². The maximum atomic E-state index is 12.4. The van der Waals surface area contributed by atoms with Gasteiger partial charge in [-0.05, 0) is 184 Å². The molecule has 11 amide bonds. The molecule has 121 heavy (non-hydrogen) atoms. The minimum absolute atomic E-state index is 0. The van der Waals surface area contributed by atoms with E-state index < -0.39 is 0 Å². The predicted molar refractivity (Wildman–Crippen MR) is 503 cm³/mol. The molecule has 0 saturated carbocycles. The molecule has 1 saturated heterocycles. The molecule has 0 bridgehead atoms. The van der Waals surface area contributed by atoms with Crippen LogP contribution in [0.3, 0.4) is 0 Å². The lowest BCUT2D eigenvalue weighted by Crippen LogP contribution is -2.44. The Morgan fingerprint density at radius 3 is 1.02 bits per heavy atom. The number of carbonyl (C=O) groups is 11. The number of nitrogens with zero attached hydrogens (tertiary/aromatic N) is 5. The van der Waals surface area contributed by atoms with Gasteiger partial charge in [-0.25, -0.2) is 0 Å². The molecular weight excluding hydrogens is 1510 g/mol. The van der Waals surface area contributed by atoms with E-state index in [1.807, 2.05) is 376 Å². The van der Waals surface area contributed by atoms with Crippen LogP contribution in [0.2, 0.25) is 0 Å². The predicted octanol–water partition coefficient (Wildman–Crippen LogP) is 23.8. The van der Waals surface area contributed by atoms with E-state index in [9.17, 15) is 52.7 Å². The van der Waals surface area contributed by atoms with Gasteiger partial charge < -0.3 is 15.5 Å². The van der Waals surface area contributed by atoms with Crippen LogP contribution in [0.1, 0.15) is 327 Å². The third-order valence-electron chi connectivity index (χ3n) is 17.4. The largest absolute Gasteiger partial charge is 0.354 e. The van der Waals surface area contributed by atoms with Gasteiger partial charge in [-0.15, -0.1) is 0 Å². The summed E-state index contributed by atoms with van der Waals surface area (Å²) in [5.74, 6) is -1.28. The van der Waals surface area contributed by atoms with E-state index in [2.05, 4.69) is 10.6 Å². The highest BCUT2D eigenvalue weighted by atomic mass is 16.2. The summed E-state index contributed by atoms with van der Waals surface area (Å²) in [5, 5.41) is 9.37. The minimum Gasteiger partial charge on any atom is -0.354 e. The number of amides is 11. The molecular formula is C103H145N7O11. The molecule has 658 valence electrons. The van der Waals surface area contributed by atoms with Crippen molar-refractivity contribution in [2.75, 3.05) is 0 Å². The monoisotopic (exact) mass is 1660 g/mol. The molecule has 0 aliphatic carbocycles. The summed E-state index contributed by atoms with van der Waals surface area (Å²) in [5.41, 5.74) is 8.05. The smallest absolute Gasteiger partial charge is 0.261 e. The van der Waals surface area contributed by atoms with Crippen molar-refractivity contribution < 1.29 is 52.7 Å². The molecule has 2 N–H and O–H groups in total. The molecule has 0 radical (unpaired) electrons. The second kappa shape index (κ2) is 59.2. The van der Waals surface area contributed by atoms with Gasteiger partial charge in [0.2, 0.25) is 17.7 Å². The number of hydrogen-bond acceptors (Lipinski definition) is 11. The Hall–Kier alpha value is -11.5. The molecule has 0 aromatic heterocycles. The van der Waals surface area contributed by atoms with Gasteiger partial charge in [0, 0.05) is 82.9 Å². The number of rotatable bonds is 11. The van der Waals surface area contributed by atoms with Crippen LogP contribution in [0.4, 0.5) is 0 Å². The van der Waals surface area contributed by atoms with Crippen LogP contribution in [-0.2, 0) is 27.3 Å². The maximum Gasteiger partial charge on any atom is 0.261 e. The van der Waals surface area contributed by atoms with Gasteiger partial charge in [0.15, 0.2) is 0 Å². The van der Waals surface area contributed by atoms with Crippen molar-refractivity contribution in [3.63, 3.8) is 0 Å². The zero-order valence-corrected chi connectivity index (χ0v) is 77.7. The molecule has 18 nitrogen and oxygen atoms in total. The molecule has 18 heteroatoms. The first-order valence-corrected chi connectivity index (χ1v) is 43.3. The quantitative estimate of drug-likeness (QED) is 0.116. The Morgan fingerprint density at radius 1 is 0.331 bits per heavy atom. The normalized spacial score (nSPS) is 13.0. The number of fused-ring (bicyclic) bond motifs is 4. The highest BCUT2D eigenvalue weighted by Gasteiger charge is 2.42. The number of nitrogens with one attached hydrogen (secondary N) is 2. The molecule has 1 unspecified atom stereocenters. The van der Waals surface area contributed by atoms with Crippen molar-refractivity contribution in [3.05, 3.63) is 274 Å². The average molecular weight is 1660 g/mol. The van der Waals surface area contributed by atoms with E-state index in [0.29, 0.717) is 57.8 Å². The van der Waals surface area contributed by atoms with Gasteiger partial charge in [-0.1, -0.05) is 276 Å². The summed E-state index contributed by atoms with van der Waals surface area (Å²) >= 11 is 0. The van der Waals surface area contributed by atoms with Crippen LogP contribution in [0.15, 0.2) is 212 Å². The fraction of sp³-hybridized carbons (Fsp3) is 0.408. The molecule has 5 aliphatic heterocycles. The van der Waals surface area contributed by atoms with Crippen LogP contribution < -0.4 is 10.6 Å². The van der Waals surface area contributed by atoms with Crippen LogP contribution in [-0.4, -0.2) is 132 Å². The Bertz CT molecular complexity index is 4510. The maximum absolute atomic E-state index is 12.4. The van der Waals surface area contributed by atoms with E-state index >= 15 is 0 Å². The van der Waals surface area contributed by atoms with E-state index in [0.717, 1.165) is 50.3 Å². The summed E-state index contributed by atoms with van der Waals surface area (Å²) in [6.07, 6.45) is 0.778. The molecule has 5 aliphatic rings. The molecule has 0 spiro atoms. The Balaban J connectivity index is 0. The topological polar surface area (TPSA) is 228 Å². The lowest BCUT2D eigenvalue weighted by Gasteiger charge is -2.30. The zero-order valence-electron chi connectivity index (χ0n) is 77.7. The van der Waals surface area contributed by atoms with Crippen molar-refractivity contribution in [1.82, 2.24) is 35.1 Å². The van der Waals surface area contributed by atoms with Crippen LogP contribution in [0, 0.1) is 0 Å². The second-order valence-electron chi connectivity index (χ2n) is 27.6. The van der Waals surface area contributed by atoms with Crippen molar-refractivity contribution in [2.45, 2.75) is 283 Å². The minimum atomic E-state index is -0.281.